The van der Waals surface area contributed by atoms with E-state index in [1.165, 1.54) is 6.39 Å². The molecule has 0 spiro atoms. The Balaban J connectivity index is 2.57. The molecule has 0 aliphatic heterocycles. The molecule has 4 nitrogen and oxygen atoms in total. The summed E-state index contributed by atoms with van der Waals surface area (Å²) in [5.41, 5.74) is 0.523. The lowest BCUT2D eigenvalue weighted by molar-refractivity contribution is 0.0519. The van der Waals surface area contributed by atoms with Crippen LogP contribution >= 0.6 is 0 Å². The molecule has 0 bridgehead atoms. The van der Waals surface area contributed by atoms with Crippen LogP contribution in [0, 0.1) is 18.8 Å². The SMILES string of the molecule is CC#CCOC(=O)c1ocnc1C. The van der Waals surface area contributed by atoms with Gasteiger partial charge in [-0.05, 0) is 13.8 Å². The van der Waals surface area contributed by atoms with Gasteiger partial charge in [0.05, 0.1) is 5.69 Å². The normalized spacial score (nSPS) is 8.77. The monoisotopic (exact) mass is 179 g/mol. The number of ether oxygens (including phenoxy) is 1. The highest BCUT2D eigenvalue weighted by Crippen LogP contribution is 2.05. The third-order valence-electron chi connectivity index (χ3n) is 1.38. The number of hydrogen-bond donors (Lipinski definition) is 0. The van der Waals surface area contributed by atoms with E-state index < -0.39 is 5.97 Å². The molecule has 1 aromatic heterocycles. The number of oxazole rings is 1. The van der Waals surface area contributed by atoms with Crippen LogP contribution in [0.25, 0.3) is 0 Å². The molecular weight excluding hydrogens is 170 g/mol. The van der Waals surface area contributed by atoms with Crippen LogP contribution in [0.4, 0.5) is 0 Å². The zero-order chi connectivity index (χ0) is 9.68. The summed E-state index contributed by atoms with van der Waals surface area (Å²) in [7, 11) is 0. The van der Waals surface area contributed by atoms with Gasteiger partial charge in [-0.3, -0.25) is 0 Å². The highest BCUT2D eigenvalue weighted by Gasteiger charge is 2.14. The van der Waals surface area contributed by atoms with E-state index in [0.29, 0.717) is 5.69 Å². The highest BCUT2D eigenvalue weighted by molar-refractivity contribution is 5.87. The summed E-state index contributed by atoms with van der Waals surface area (Å²) in [6.45, 7) is 3.43. The molecule has 0 atom stereocenters. The van der Waals surface area contributed by atoms with Gasteiger partial charge in [0.25, 0.3) is 0 Å². The number of hydrogen-bond acceptors (Lipinski definition) is 4. The number of aromatic nitrogens is 1. The maximum absolute atomic E-state index is 11.2. The smallest absolute Gasteiger partial charge is 0.377 e. The van der Waals surface area contributed by atoms with Crippen molar-refractivity contribution in [2.45, 2.75) is 13.8 Å². The fourth-order valence-corrected chi connectivity index (χ4v) is 0.737. The second kappa shape index (κ2) is 4.31. The van der Waals surface area contributed by atoms with Gasteiger partial charge >= 0.3 is 5.97 Å². The number of rotatable bonds is 2. The Morgan fingerprint density at radius 1 is 1.77 bits per heavy atom. The van der Waals surface area contributed by atoms with Crippen molar-refractivity contribution < 1.29 is 13.9 Å². The van der Waals surface area contributed by atoms with E-state index in [-0.39, 0.29) is 12.4 Å². The van der Waals surface area contributed by atoms with Crippen molar-refractivity contribution in [1.82, 2.24) is 4.98 Å². The van der Waals surface area contributed by atoms with Crippen LogP contribution in [-0.2, 0) is 4.74 Å². The van der Waals surface area contributed by atoms with Crippen LogP contribution in [0.1, 0.15) is 23.2 Å². The van der Waals surface area contributed by atoms with Crippen molar-refractivity contribution in [3.05, 3.63) is 17.8 Å². The molecule has 1 aromatic rings. The average molecular weight is 179 g/mol. The molecule has 4 heteroatoms. The summed E-state index contributed by atoms with van der Waals surface area (Å²) in [6, 6.07) is 0. The van der Waals surface area contributed by atoms with Crippen molar-refractivity contribution in [3.8, 4) is 11.8 Å². The lowest BCUT2D eigenvalue weighted by atomic mass is 10.4. The van der Waals surface area contributed by atoms with Crippen LogP contribution in [-0.4, -0.2) is 17.6 Å². The van der Waals surface area contributed by atoms with E-state index in [9.17, 15) is 4.79 Å². The quantitative estimate of drug-likeness (QED) is 0.505. The first kappa shape index (κ1) is 9.33. The Morgan fingerprint density at radius 2 is 2.54 bits per heavy atom. The van der Waals surface area contributed by atoms with Crippen LogP contribution in [0.3, 0.4) is 0 Å². The van der Waals surface area contributed by atoms with Crippen molar-refractivity contribution in [1.29, 1.82) is 0 Å². The Labute approximate surface area is 75.9 Å². The molecular formula is C9H9NO3. The third kappa shape index (κ3) is 2.34. The standard InChI is InChI=1S/C9H9NO3/c1-3-4-5-12-9(11)8-7(2)10-6-13-8/h6H,5H2,1-2H3. The fourth-order valence-electron chi connectivity index (χ4n) is 0.737. The van der Waals surface area contributed by atoms with Crippen molar-refractivity contribution >= 4 is 5.97 Å². The summed E-state index contributed by atoms with van der Waals surface area (Å²) in [4.78, 5) is 14.9. The predicted molar refractivity (Wildman–Crippen MR) is 45.0 cm³/mol. The maximum atomic E-state index is 11.2. The van der Waals surface area contributed by atoms with E-state index in [2.05, 4.69) is 16.8 Å². The molecule has 0 radical (unpaired) electrons. The van der Waals surface area contributed by atoms with Gasteiger partial charge in [0.2, 0.25) is 5.76 Å². The molecule has 1 rings (SSSR count). The first-order chi connectivity index (χ1) is 6.25. The summed E-state index contributed by atoms with van der Waals surface area (Å²) in [5, 5.41) is 0. The summed E-state index contributed by atoms with van der Waals surface area (Å²) in [5.74, 6) is 4.82. The molecule has 0 saturated carbocycles. The van der Waals surface area contributed by atoms with Crippen molar-refractivity contribution in [2.24, 2.45) is 0 Å². The lowest BCUT2D eigenvalue weighted by Gasteiger charge is -1.96. The zero-order valence-electron chi connectivity index (χ0n) is 7.46. The van der Waals surface area contributed by atoms with Crippen LogP contribution < -0.4 is 0 Å². The second-order valence-electron chi connectivity index (χ2n) is 2.27. The zero-order valence-corrected chi connectivity index (χ0v) is 7.46. The van der Waals surface area contributed by atoms with Crippen LogP contribution in [0.5, 0.6) is 0 Å². The minimum absolute atomic E-state index is 0.0788. The lowest BCUT2D eigenvalue weighted by Crippen LogP contribution is -2.05. The highest BCUT2D eigenvalue weighted by atomic mass is 16.5. The van der Waals surface area contributed by atoms with Gasteiger partial charge in [0.1, 0.15) is 0 Å². The number of carbonyl (C=O) groups excluding carboxylic acids is 1. The molecule has 0 aliphatic carbocycles. The number of carbonyl (C=O) groups is 1. The van der Waals surface area contributed by atoms with Crippen molar-refractivity contribution in [2.75, 3.05) is 6.61 Å². The first-order valence-electron chi connectivity index (χ1n) is 3.72. The van der Waals surface area contributed by atoms with Gasteiger partial charge in [-0.15, -0.1) is 5.92 Å². The Kier molecular flexibility index (Phi) is 3.09. The minimum atomic E-state index is -0.530. The van der Waals surface area contributed by atoms with Gasteiger partial charge in [-0.1, -0.05) is 5.92 Å². The molecule has 0 saturated heterocycles. The fraction of sp³-hybridized carbons (Fsp3) is 0.333. The molecule has 0 unspecified atom stereocenters. The average Bonchev–Trinajstić information content (AvgIpc) is 2.52. The van der Waals surface area contributed by atoms with Gasteiger partial charge in [-0.2, -0.15) is 0 Å². The summed E-state index contributed by atoms with van der Waals surface area (Å²) < 4.78 is 9.58. The molecule has 0 N–H and O–H groups in total. The number of esters is 1. The Morgan fingerprint density at radius 3 is 3.08 bits per heavy atom. The number of nitrogens with zero attached hydrogens (tertiary/aromatic N) is 1. The third-order valence-corrected chi connectivity index (χ3v) is 1.38. The molecule has 68 valence electrons. The largest absolute Gasteiger partial charge is 0.447 e. The Hall–Kier alpha value is -1.76. The topological polar surface area (TPSA) is 52.3 Å². The Bertz CT molecular complexity index is 356. The van der Waals surface area contributed by atoms with E-state index in [1.807, 2.05) is 0 Å². The van der Waals surface area contributed by atoms with Crippen molar-refractivity contribution in [3.63, 3.8) is 0 Å². The molecule has 13 heavy (non-hydrogen) atoms. The summed E-state index contributed by atoms with van der Waals surface area (Å²) in [6.07, 6.45) is 1.21. The van der Waals surface area contributed by atoms with Gasteiger partial charge in [-0.25, -0.2) is 9.78 Å². The molecule has 0 aliphatic rings. The number of aryl methyl sites for hydroxylation is 1. The summed E-state index contributed by atoms with van der Waals surface area (Å²) >= 11 is 0. The van der Waals surface area contributed by atoms with Gasteiger partial charge in [0.15, 0.2) is 13.0 Å². The predicted octanol–water partition coefficient (Wildman–Crippen LogP) is 1.16. The van der Waals surface area contributed by atoms with E-state index in [1.54, 1.807) is 13.8 Å². The molecule has 0 aromatic carbocycles. The molecule has 0 fully saturated rings. The second-order valence-corrected chi connectivity index (χ2v) is 2.27. The van der Waals surface area contributed by atoms with E-state index >= 15 is 0 Å². The van der Waals surface area contributed by atoms with Crippen LogP contribution in [0.15, 0.2) is 10.8 Å². The molecule has 1 heterocycles. The van der Waals surface area contributed by atoms with Crippen LogP contribution in [0.2, 0.25) is 0 Å². The van der Waals surface area contributed by atoms with Gasteiger partial charge in [0, 0.05) is 0 Å². The molecule has 0 amide bonds. The minimum Gasteiger partial charge on any atom is -0.447 e. The first-order valence-corrected chi connectivity index (χ1v) is 3.72. The van der Waals surface area contributed by atoms with E-state index in [0.717, 1.165) is 0 Å². The van der Waals surface area contributed by atoms with Gasteiger partial charge < -0.3 is 9.15 Å². The maximum Gasteiger partial charge on any atom is 0.377 e. The van der Waals surface area contributed by atoms with E-state index in [4.69, 9.17) is 9.15 Å².